The standard InChI is InChI=1S/C12H24OSi/c1-8-10-11(9-2)13-14(6,7)12(3,4)5/h2,11H,8,10H2,1,3-7H3/t11-/m0/s1. The van der Waals surface area contributed by atoms with Gasteiger partial charge >= 0.3 is 0 Å². The van der Waals surface area contributed by atoms with Gasteiger partial charge in [0.2, 0.25) is 0 Å². The molecule has 0 aliphatic heterocycles. The molecule has 0 saturated heterocycles. The minimum absolute atomic E-state index is 0.0147. The molecule has 0 radical (unpaired) electrons. The van der Waals surface area contributed by atoms with Crippen molar-refractivity contribution in [1.29, 1.82) is 0 Å². The number of terminal acetylenes is 1. The maximum Gasteiger partial charge on any atom is 0.193 e. The highest BCUT2D eigenvalue weighted by molar-refractivity contribution is 6.74. The van der Waals surface area contributed by atoms with Gasteiger partial charge in [-0.3, -0.25) is 0 Å². The molecule has 0 saturated carbocycles. The van der Waals surface area contributed by atoms with Crippen molar-refractivity contribution in [2.45, 2.75) is 64.8 Å². The molecule has 0 aliphatic carbocycles. The van der Waals surface area contributed by atoms with Crippen molar-refractivity contribution in [2.24, 2.45) is 0 Å². The van der Waals surface area contributed by atoms with Crippen LogP contribution in [0.3, 0.4) is 0 Å². The first kappa shape index (κ1) is 13.7. The van der Waals surface area contributed by atoms with Crippen molar-refractivity contribution >= 4 is 8.32 Å². The zero-order valence-electron chi connectivity index (χ0n) is 10.5. The lowest BCUT2D eigenvalue weighted by Crippen LogP contribution is -2.43. The molecule has 0 unspecified atom stereocenters. The summed E-state index contributed by atoms with van der Waals surface area (Å²) in [7, 11) is -1.67. The Morgan fingerprint density at radius 2 is 1.86 bits per heavy atom. The van der Waals surface area contributed by atoms with Gasteiger partial charge in [-0.15, -0.1) is 6.42 Å². The second kappa shape index (κ2) is 5.00. The summed E-state index contributed by atoms with van der Waals surface area (Å²) in [6.45, 7) is 13.3. The van der Waals surface area contributed by atoms with E-state index < -0.39 is 8.32 Å². The van der Waals surface area contributed by atoms with Crippen LogP contribution in [0.15, 0.2) is 0 Å². The summed E-state index contributed by atoms with van der Waals surface area (Å²) in [5.41, 5.74) is 0. The fourth-order valence-electron chi connectivity index (χ4n) is 0.971. The maximum atomic E-state index is 6.09. The van der Waals surface area contributed by atoms with E-state index in [1.807, 2.05) is 0 Å². The summed E-state index contributed by atoms with van der Waals surface area (Å²) < 4.78 is 6.09. The fraction of sp³-hybridized carbons (Fsp3) is 0.833. The van der Waals surface area contributed by atoms with Gasteiger partial charge in [0, 0.05) is 0 Å². The Balaban J connectivity index is 4.42. The van der Waals surface area contributed by atoms with Gasteiger partial charge in [-0.05, 0) is 24.6 Å². The molecule has 1 atom stereocenters. The van der Waals surface area contributed by atoms with Crippen LogP contribution in [0.2, 0.25) is 18.1 Å². The fourth-order valence-corrected chi connectivity index (χ4v) is 2.22. The van der Waals surface area contributed by atoms with E-state index in [9.17, 15) is 0 Å². The van der Waals surface area contributed by atoms with E-state index in [1.165, 1.54) is 0 Å². The molecule has 0 rings (SSSR count). The van der Waals surface area contributed by atoms with Crippen LogP contribution in [-0.4, -0.2) is 14.4 Å². The van der Waals surface area contributed by atoms with Crippen molar-refractivity contribution in [3.8, 4) is 12.3 Å². The molecule has 0 aromatic heterocycles. The van der Waals surface area contributed by atoms with Gasteiger partial charge in [0.25, 0.3) is 0 Å². The van der Waals surface area contributed by atoms with Crippen LogP contribution in [0.25, 0.3) is 0 Å². The van der Waals surface area contributed by atoms with Crippen molar-refractivity contribution in [1.82, 2.24) is 0 Å². The first-order valence-electron chi connectivity index (χ1n) is 5.38. The second-order valence-electron chi connectivity index (χ2n) is 5.32. The Hall–Kier alpha value is -0.263. The lowest BCUT2D eigenvalue weighted by molar-refractivity contribution is 0.222. The molecule has 82 valence electrons. The highest BCUT2D eigenvalue weighted by Gasteiger charge is 2.38. The zero-order chi connectivity index (χ0) is 11.4. The van der Waals surface area contributed by atoms with Crippen LogP contribution in [0.5, 0.6) is 0 Å². The third kappa shape index (κ3) is 3.85. The summed E-state index contributed by atoms with van der Waals surface area (Å²) in [6, 6.07) is 0. The third-order valence-corrected chi connectivity index (χ3v) is 7.47. The summed E-state index contributed by atoms with van der Waals surface area (Å²) in [4.78, 5) is 0. The maximum absolute atomic E-state index is 6.09. The van der Waals surface area contributed by atoms with Gasteiger partial charge in [-0.2, -0.15) is 0 Å². The highest BCUT2D eigenvalue weighted by Crippen LogP contribution is 2.37. The minimum Gasteiger partial charge on any atom is -0.403 e. The first-order chi connectivity index (χ1) is 6.24. The van der Waals surface area contributed by atoms with Crippen LogP contribution < -0.4 is 0 Å². The molecule has 2 heteroatoms. The summed E-state index contributed by atoms with van der Waals surface area (Å²) in [6.07, 6.45) is 7.53. The van der Waals surface area contributed by atoms with Crippen LogP contribution in [0.4, 0.5) is 0 Å². The largest absolute Gasteiger partial charge is 0.403 e. The minimum atomic E-state index is -1.67. The first-order valence-corrected chi connectivity index (χ1v) is 8.29. The predicted molar refractivity (Wildman–Crippen MR) is 65.8 cm³/mol. The lowest BCUT2D eigenvalue weighted by Gasteiger charge is -2.38. The Morgan fingerprint density at radius 1 is 1.36 bits per heavy atom. The van der Waals surface area contributed by atoms with E-state index in [1.54, 1.807) is 0 Å². The van der Waals surface area contributed by atoms with E-state index in [0.717, 1.165) is 12.8 Å². The van der Waals surface area contributed by atoms with Crippen molar-refractivity contribution in [3.63, 3.8) is 0 Å². The van der Waals surface area contributed by atoms with E-state index in [4.69, 9.17) is 10.8 Å². The van der Waals surface area contributed by atoms with Gasteiger partial charge < -0.3 is 4.43 Å². The molecule has 14 heavy (non-hydrogen) atoms. The van der Waals surface area contributed by atoms with Gasteiger partial charge in [-0.25, -0.2) is 0 Å². The molecule has 0 bridgehead atoms. The monoisotopic (exact) mass is 212 g/mol. The van der Waals surface area contributed by atoms with E-state index in [0.29, 0.717) is 0 Å². The Morgan fingerprint density at radius 3 is 2.14 bits per heavy atom. The van der Waals surface area contributed by atoms with Crippen LogP contribution in [0.1, 0.15) is 40.5 Å². The molecular formula is C12H24OSi. The Bertz CT molecular complexity index is 207. The molecule has 0 aromatic carbocycles. The van der Waals surface area contributed by atoms with Crippen molar-refractivity contribution in [3.05, 3.63) is 0 Å². The molecule has 0 fully saturated rings. The number of hydrogen-bond acceptors (Lipinski definition) is 1. The average molecular weight is 212 g/mol. The van der Waals surface area contributed by atoms with Crippen molar-refractivity contribution in [2.75, 3.05) is 0 Å². The lowest BCUT2D eigenvalue weighted by atomic mass is 10.2. The van der Waals surface area contributed by atoms with Gasteiger partial charge in [0.15, 0.2) is 8.32 Å². The summed E-state index contributed by atoms with van der Waals surface area (Å²) in [5, 5.41) is 0.246. The van der Waals surface area contributed by atoms with E-state index >= 15 is 0 Å². The Kier molecular flexibility index (Phi) is 4.90. The number of rotatable bonds is 4. The quantitative estimate of drug-likeness (QED) is 0.508. The highest BCUT2D eigenvalue weighted by atomic mass is 28.4. The van der Waals surface area contributed by atoms with E-state index in [2.05, 4.69) is 46.7 Å². The molecule has 0 spiro atoms. The molecule has 0 heterocycles. The van der Waals surface area contributed by atoms with Gasteiger partial charge in [0.1, 0.15) is 6.10 Å². The van der Waals surface area contributed by atoms with Gasteiger partial charge in [0.05, 0.1) is 0 Å². The third-order valence-electron chi connectivity index (χ3n) is 2.98. The average Bonchev–Trinajstić information content (AvgIpc) is 2.01. The molecule has 0 aliphatic rings. The predicted octanol–water partition coefficient (Wildman–Crippen LogP) is 3.81. The van der Waals surface area contributed by atoms with Crippen molar-refractivity contribution < 1.29 is 4.43 Å². The zero-order valence-corrected chi connectivity index (χ0v) is 11.5. The number of hydrogen-bond donors (Lipinski definition) is 0. The molecular weight excluding hydrogens is 188 g/mol. The van der Waals surface area contributed by atoms with Crippen LogP contribution in [-0.2, 0) is 4.43 Å². The normalized spacial score (nSPS) is 14.9. The summed E-state index contributed by atoms with van der Waals surface area (Å²) in [5.74, 6) is 2.74. The van der Waals surface area contributed by atoms with Crippen LogP contribution >= 0.6 is 0 Å². The second-order valence-corrected chi connectivity index (χ2v) is 10.1. The molecule has 0 N–H and O–H groups in total. The molecule has 1 nitrogen and oxygen atoms in total. The smallest absolute Gasteiger partial charge is 0.193 e. The van der Waals surface area contributed by atoms with Crippen LogP contribution in [0, 0.1) is 12.3 Å². The SMILES string of the molecule is C#C[C@@H](CCC)O[Si](C)(C)C(C)(C)C. The van der Waals surface area contributed by atoms with Gasteiger partial charge in [-0.1, -0.05) is 40.0 Å². The molecule has 0 aromatic rings. The summed E-state index contributed by atoms with van der Waals surface area (Å²) >= 11 is 0. The van der Waals surface area contributed by atoms with E-state index in [-0.39, 0.29) is 11.1 Å². The molecule has 0 amide bonds. The Labute approximate surface area is 90.4 Å². The topological polar surface area (TPSA) is 9.23 Å².